The molecule has 1 heterocycles. The van der Waals surface area contributed by atoms with E-state index in [0.717, 1.165) is 24.4 Å². The summed E-state index contributed by atoms with van der Waals surface area (Å²) in [6.45, 7) is 2.22. The fourth-order valence-electron chi connectivity index (χ4n) is 4.51. The maximum Gasteiger partial charge on any atom is 0.335 e. The maximum absolute atomic E-state index is 15.9. The van der Waals surface area contributed by atoms with E-state index in [1.807, 2.05) is 6.07 Å². The second kappa shape index (κ2) is 8.38. The first-order valence-electron chi connectivity index (χ1n) is 10.1. The number of carbonyl (C=O) groups is 1. The zero-order chi connectivity index (χ0) is 19.3. The highest BCUT2D eigenvalue weighted by Gasteiger charge is 2.46. The fourth-order valence-corrected chi connectivity index (χ4v) is 7.85. The minimum atomic E-state index is -3.03. The zero-order valence-corrected chi connectivity index (χ0v) is 17.1. The van der Waals surface area contributed by atoms with Gasteiger partial charge in [-0.15, -0.1) is 0 Å². The lowest BCUT2D eigenvalue weighted by Crippen LogP contribution is -2.49. The van der Waals surface area contributed by atoms with Crippen LogP contribution in [0.4, 0.5) is 4.11 Å². The smallest absolute Gasteiger partial charge is 0.335 e. The summed E-state index contributed by atoms with van der Waals surface area (Å²) in [5.41, 5.74) is 1.68. The van der Waals surface area contributed by atoms with E-state index < -0.39 is 14.4 Å². The average Bonchev–Trinajstić information content (AvgIpc) is 2.71. The van der Waals surface area contributed by atoms with Crippen LogP contribution >= 0.6 is 0 Å². The van der Waals surface area contributed by atoms with Crippen molar-refractivity contribution in [3.63, 3.8) is 0 Å². The second-order valence-electron chi connectivity index (χ2n) is 7.95. The fraction of sp³-hybridized carbons (Fsp3) is 0.435. The number of halogens is 1. The molecular weight excluding hydrogens is 355 g/mol. The molecule has 0 bridgehead atoms. The van der Waals surface area contributed by atoms with Gasteiger partial charge in [0.1, 0.15) is 0 Å². The summed E-state index contributed by atoms with van der Waals surface area (Å²) < 4.78 is 15.9. The van der Waals surface area contributed by atoms with Crippen LogP contribution in [0, 0.1) is 0 Å². The predicted molar refractivity (Wildman–Crippen MR) is 111 cm³/mol. The van der Waals surface area contributed by atoms with Gasteiger partial charge in [-0.05, 0) is 59.6 Å². The number of carboxylic acids is 1. The van der Waals surface area contributed by atoms with Gasteiger partial charge in [-0.1, -0.05) is 68.7 Å². The Balaban J connectivity index is 1.79. The molecule has 2 aromatic rings. The van der Waals surface area contributed by atoms with Crippen LogP contribution in [0.15, 0.2) is 54.6 Å². The first kappa shape index (κ1) is 19.8. The second-order valence-corrected chi connectivity index (χ2v) is 11.5. The van der Waals surface area contributed by atoms with Crippen molar-refractivity contribution in [1.82, 2.24) is 0 Å². The molecule has 0 radical (unpaired) electrons. The van der Waals surface area contributed by atoms with Crippen LogP contribution in [0.5, 0.6) is 0 Å². The SMILES string of the molecule is CCCCCC1(c2ccccc2)CC[Si](F)(c2ccc(C(=O)O)cc2)CC1. The number of hydrogen-bond acceptors (Lipinski definition) is 1. The summed E-state index contributed by atoms with van der Waals surface area (Å²) in [7, 11) is -3.03. The molecule has 1 fully saturated rings. The Morgan fingerprint density at radius 2 is 1.67 bits per heavy atom. The lowest BCUT2D eigenvalue weighted by Gasteiger charge is -2.43. The highest BCUT2D eigenvalue weighted by atomic mass is 28.4. The molecule has 1 aliphatic heterocycles. The van der Waals surface area contributed by atoms with Crippen molar-refractivity contribution in [3.05, 3.63) is 65.7 Å². The molecule has 4 heteroatoms. The van der Waals surface area contributed by atoms with Crippen LogP contribution < -0.4 is 5.19 Å². The Morgan fingerprint density at radius 3 is 2.22 bits per heavy atom. The van der Waals surface area contributed by atoms with E-state index in [-0.39, 0.29) is 11.0 Å². The average molecular weight is 385 g/mol. The summed E-state index contributed by atoms with van der Waals surface area (Å²) in [4.78, 5) is 11.1. The zero-order valence-electron chi connectivity index (χ0n) is 16.1. The van der Waals surface area contributed by atoms with Crippen LogP contribution in [0.3, 0.4) is 0 Å². The number of unbranched alkanes of at least 4 members (excludes halogenated alkanes) is 2. The van der Waals surface area contributed by atoms with Crippen LogP contribution in [0.1, 0.15) is 61.4 Å². The van der Waals surface area contributed by atoms with Crippen LogP contribution in [0.25, 0.3) is 0 Å². The minimum Gasteiger partial charge on any atom is -0.478 e. The number of rotatable bonds is 7. The van der Waals surface area contributed by atoms with Crippen molar-refractivity contribution < 1.29 is 14.0 Å². The van der Waals surface area contributed by atoms with Crippen molar-refractivity contribution in [2.75, 3.05) is 0 Å². The van der Waals surface area contributed by atoms with E-state index >= 15 is 4.11 Å². The van der Waals surface area contributed by atoms with Gasteiger partial charge in [0, 0.05) is 0 Å². The molecule has 3 rings (SSSR count). The molecule has 27 heavy (non-hydrogen) atoms. The van der Waals surface area contributed by atoms with Gasteiger partial charge in [0.2, 0.25) is 0 Å². The molecule has 0 atom stereocenters. The van der Waals surface area contributed by atoms with Crippen LogP contribution in [-0.4, -0.2) is 19.5 Å². The summed E-state index contributed by atoms with van der Waals surface area (Å²) in [6.07, 6.45) is 6.53. The molecule has 0 saturated carbocycles. The number of hydrogen-bond donors (Lipinski definition) is 1. The van der Waals surface area contributed by atoms with Crippen molar-refractivity contribution in [1.29, 1.82) is 0 Å². The van der Waals surface area contributed by atoms with Gasteiger partial charge in [-0.25, -0.2) is 4.79 Å². The first-order chi connectivity index (χ1) is 13.0. The minimum absolute atomic E-state index is 0.0972. The summed E-state index contributed by atoms with van der Waals surface area (Å²) in [5, 5.41) is 9.82. The van der Waals surface area contributed by atoms with E-state index in [9.17, 15) is 4.79 Å². The molecule has 0 aromatic heterocycles. The molecule has 1 saturated heterocycles. The molecule has 0 spiro atoms. The maximum atomic E-state index is 15.9. The number of carboxylic acid groups (broad SMARTS) is 1. The van der Waals surface area contributed by atoms with E-state index in [2.05, 4.69) is 31.2 Å². The van der Waals surface area contributed by atoms with Gasteiger partial charge in [0.25, 0.3) is 8.41 Å². The molecule has 0 amide bonds. The van der Waals surface area contributed by atoms with Gasteiger partial charge >= 0.3 is 5.97 Å². The number of aromatic carboxylic acids is 1. The third kappa shape index (κ3) is 4.32. The topological polar surface area (TPSA) is 37.3 Å². The molecule has 0 unspecified atom stereocenters. The van der Waals surface area contributed by atoms with E-state index in [4.69, 9.17) is 5.11 Å². The van der Waals surface area contributed by atoms with Gasteiger partial charge in [0.05, 0.1) is 5.56 Å². The van der Waals surface area contributed by atoms with E-state index in [0.29, 0.717) is 12.1 Å². The van der Waals surface area contributed by atoms with E-state index in [1.165, 1.54) is 24.8 Å². The Kier molecular flexibility index (Phi) is 6.15. The van der Waals surface area contributed by atoms with E-state index in [1.54, 1.807) is 24.3 Å². The quantitative estimate of drug-likeness (QED) is 0.371. The van der Waals surface area contributed by atoms with Crippen molar-refractivity contribution in [3.8, 4) is 0 Å². The normalized spacial score (nSPS) is 25.3. The van der Waals surface area contributed by atoms with Crippen LogP contribution in [-0.2, 0) is 5.41 Å². The molecule has 0 aliphatic carbocycles. The highest BCUT2D eigenvalue weighted by Crippen LogP contribution is 2.47. The van der Waals surface area contributed by atoms with Crippen LogP contribution in [0.2, 0.25) is 12.1 Å². The summed E-state index contributed by atoms with van der Waals surface area (Å²) in [6, 6.07) is 18.4. The Hall–Kier alpha value is -1.94. The van der Waals surface area contributed by atoms with Crippen molar-refractivity contribution in [2.24, 2.45) is 0 Å². The Morgan fingerprint density at radius 1 is 1.04 bits per heavy atom. The molecule has 1 aliphatic rings. The summed E-state index contributed by atoms with van der Waals surface area (Å²) in [5.74, 6) is -0.959. The standard InChI is InChI=1S/C23H29FO2Si/c1-2-3-7-14-23(20-8-5-4-6-9-20)15-17-27(24,18-16-23)21-12-10-19(11-13-21)22(25)26/h4-6,8-13H,2-3,7,14-18H2,1H3,(H,25,26). The molecular formula is C23H29FO2Si. The van der Waals surface area contributed by atoms with Crippen molar-refractivity contribution in [2.45, 2.75) is 63.0 Å². The van der Waals surface area contributed by atoms with Gasteiger partial charge in [-0.3, -0.25) is 0 Å². The summed E-state index contributed by atoms with van der Waals surface area (Å²) >= 11 is 0. The molecule has 1 N–H and O–H groups in total. The largest absolute Gasteiger partial charge is 0.478 e. The monoisotopic (exact) mass is 384 g/mol. The predicted octanol–water partition coefficient (Wildman–Crippen LogP) is 5.82. The van der Waals surface area contributed by atoms with Gasteiger partial charge in [0.15, 0.2) is 0 Å². The third-order valence-electron chi connectivity index (χ3n) is 6.29. The van der Waals surface area contributed by atoms with Gasteiger partial charge in [-0.2, -0.15) is 0 Å². The lowest BCUT2D eigenvalue weighted by atomic mass is 9.72. The number of benzene rings is 2. The molecule has 2 aromatic carbocycles. The first-order valence-corrected chi connectivity index (χ1v) is 12.4. The molecule has 144 valence electrons. The van der Waals surface area contributed by atoms with Gasteiger partial charge < -0.3 is 9.21 Å². The van der Waals surface area contributed by atoms with Crippen molar-refractivity contribution >= 4 is 19.6 Å². The molecule has 2 nitrogen and oxygen atoms in total. The Labute approximate surface area is 162 Å². The Bertz CT molecular complexity index is 750. The highest BCUT2D eigenvalue weighted by molar-refractivity contribution is 6.86. The third-order valence-corrected chi connectivity index (χ3v) is 9.75. The lowest BCUT2D eigenvalue weighted by molar-refractivity contribution is 0.0697.